The standard InChI is InChI=1S/C18H18FNO4S/c1-18(2)11-20(15-6-4-5-7-16(15)24-18)17(21)13-10-12(25(3,22)23)8-9-14(13)19/h4-10H,11H2,1-3H3. The first kappa shape index (κ1) is 17.4. The molecule has 1 aliphatic heterocycles. The Morgan fingerprint density at radius 2 is 1.88 bits per heavy atom. The smallest absolute Gasteiger partial charge is 0.261 e. The van der Waals surface area contributed by atoms with Gasteiger partial charge in [0.15, 0.2) is 9.84 Å². The Labute approximate surface area is 145 Å². The van der Waals surface area contributed by atoms with E-state index in [1.807, 2.05) is 13.8 Å². The third kappa shape index (κ3) is 3.37. The lowest BCUT2D eigenvalue weighted by Gasteiger charge is -2.39. The second-order valence-electron chi connectivity index (χ2n) is 6.63. The van der Waals surface area contributed by atoms with Crippen molar-refractivity contribution in [1.82, 2.24) is 0 Å². The summed E-state index contributed by atoms with van der Waals surface area (Å²) in [6.07, 6.45) is 1.02. The fourth-order valence-corrected chi connectivity index (χ4v) is 3.44. The summed E-state index contributed by atoms with van der Waals surface area (Å²) in [7, 11) is -3.55. The summed E-state index contributed by atoms with van der Waals surface area (Å²) in [5.41, 5.74) is -0.416. The molecule has 0 fully saturated rings. The van der Waals surface area contributed by atoms with Gasteiger partial charge in [-0.3, -0.25) is 4.79 Å². The summed E-state index contributed by atoms with van der Waals surface area (Å²) >= 11 is 0. The Hall–Kier alpha value is -2.41. The number of nitrogens with zero attached hydrogens (tertiary/aromatic N) is 1. The normalized spacial score (nSPS) is 16.1. The second-order valence-corrected chi connectivity index (χ2v) is 8.65. The van der Waals surface area contributed by atoms with E-state index < -0.39 is 27.2 Å². The van der Waals surface area contributed by atoms with Crippen LogP contribution >= 0.6 is 0 Å². The number of carbonyl (C=O) groups excluding carboxylic acids is 1. The molecule has 0 saturated carbocycles. The number of halogens is 1. The number of benzene rings is 2. The largest absolute Gasteiger partial charge is 0.484 e. The number of sulfone groups is 1. The van der Waals surface area contributed by atoms with Gasteiger partial charge in [0.05, 0.1) is 22.7 Å². The van der Waals surface area contributed by atoms with Crippen molar-refractivity contribution in [3.05, 3.63) is 53.8 Å². The van der Waals surface area contributed by atoms with Crippen molar-refractivity contribution in [1.29, 1.82) is 0 Å². The van der Waals surface area contributed by atoms with Crippen LogP contribution in [0.5, 0.6) is 5.75 Å². The van der Waals surface area contributed by atoms with Crippen LogP contribution in [0.2, 0.25) is 0 Å². The molecule has 1 aliphatic rings. The summed E-state index contributed by atoms with van der Waals surface area (Å²) in [6.45, 7) is 3.87. The molecule has 0 radical (unpaired) electrons. The van der Waals surface area contributed by atoms with Gasteiger partial charge in [-0.25, -0.2) is 12.8 Å². The minimum Gasteiger partial charge on any atom is -0.484 e. The van der Waals surface area contributed by atoms with Gasteiger partial charge in [0.2, 0.25) is 0 Å². The molecule has 132 valence electrons. The van der Waals surface area contributed by atoms with Crippen molar-refractivity contribution in [3.63, 3.8) is 0 Å². The highest BCUT2D eigenvalue weighted by Crippen LogP contribution is 2.37. The van der Waals surface area contributed by atoms with Gasteiger partial charge in [-0.2, -0.15) is 0 Å². The van der Waals surface area contributed by atoms with E-state index in [4.69, 9.17) is 4.74 Å². The first-order chi connectivity index (χ1) is 11.6. The van der Waals surface area contributed by atoms with Crippen molar-refractivity contribution >= 4 is 21.4 Å². The molecule has 3 rings (SSSR count). The van der Waals surface area contributed by atoms with E-state index >= 15 is 0 Å². The molecule has 0 saturated heterocycles. The number of anilines is 1. The van der Waals surface area contributed by atoms with Crippen LogP contribution in [0.4, 0.5) is 10.1 Å². The lowest BCUT2D eigenvalue weighted by Crippen LogP contribution is -2.49. The van der Waals surface area contributed by atoms with Crippen LogP contribution in [0, 0.1) is 5.82 Å². The number of fused-ring (bicyclic) bond motifs is 1. The van der Waals surface area contributed by atoms with E-state index in [2.05, 4.69) is 0 Å². The fourth-order valence-electron chi connectivity index (χ4n) is 2.79. The Balaban J connectivity index is 2.10. The second kappa shape index (κ2) is 5.84. The van der Waals surface area contributed by atoms with Gasteiger partial charge in [-0.15, -0.1) is 0 Å². The summed E-state index contributed by atoms with van der Waals surface area (Å²) in [6, 6.07) is 10.2. The van der Waals surface area contributed by atoms with E-state index in [1.165, 1.54) is 4.90 Å². The predicted molar refractivity (Wildman–Crippen MR) is 92.3 cm³/mol. The number of carbonyl (C=O) groups is 1. The maximum absolute atomic E-state index is 14.3. The van der Waals surface area contributed by atoms with Crippen molar-refractivity contribution in [2.24, 2.45) is 0 Å². The molecule has 0 bridgehead atoms. The quantitative estimate of drug-likeness (QED) is 0.770. The van der Waals surface area contributed by atoms with Crippen LogP contribution in [0.3, 0.4) is 0 Å². The van der Waals surface area contributed by atoms with Crippen molar-refractivity contribution in [2.45, 2.75) is 24.3 Å². The molecule has 1 amide bonds. The molecule has 0 aliphatic carbocycles. The van der Waals surface area contributed by atoms with E-state index in [0.717, 1.165) is 24.5 Å². The van der Waals surface area contributed by atoms with E-state index in [0.29, 0.717) is 11.4 Å². The predicted octanol–water partition coefficient (Wildman–Crippen LogP) is 3.05. The molecule has 1 heterocycles. The van der Waals surface area contributed by atoms with E-state index in [1.54, 1.807) is 24.3 Å². The zero-order chi connectivity index (χ0) is 18.4. The van der Waals surface area contributed by atoms with Gasteiger partial charge in [0.1, 0.15) is 17.2 Å². The highest BCUT2D eigenvalue weighted by molar-refractivity contribution is 7.90. The molecular weight excluding hydrogens is 345 g/mol. The molecule has 0 aromatic heterocycles. The maximum Gasteiger partial charge on any atom is 0.261 e. The lowest BCUT2D eigenvalue weighted by atomic mass is 10.0. The van der Waals surface area contributed by atoms with Crippen LogP contribution in [0.1, 0.15) is 24.2 Å². The zero-order valence-corrected chi connectivity index (χ0v) is 14.9. The number of para-hydroxylation sites is 2. The number of hydrogen-bond acceptors (Lipinski definition) is 4. The summed E-state index contributed by atoms with van der Waals surface area (Å²) in [5, 5.41) is 0. The first-order valence-corrected chi connectivity index (χ1v) is 9.57. The SMILES string of the molecule is CC1(C)CN(C(=O)c2cc(S(C)(=O)=O)ccc2F)c2ccccc2O1. The summed E-state index contributed by atoms with van der Waals surface area (Å²) in [4.78, 5) is 14.3. The monoisotopic (exact) mass is 363 g/mol. The maximum atomic E-state index is 14.3. The Bertz CT molecular complexity index is 953. The topological polar surface area (TPSA) is 63.7 Å². The molecule has 25 heavy (non-hydrogen) atoms. The third-order valence-electron chi connectivity index (χ3n) is 3.92. The number of rotatable bonds is 2. The molecule has 2 aromatic carbocycles. The molecule has 0 N–H and O–H groups in total. The van der Waals surface area contributed by atoms with Crippen LogP contribution < -0.4 is 9.64 Å². The Morgan fingerprint density at radius 3 is 2.56 bits per heavy atom. The highest BCUT2D eigenvalue weighted by Gasteiger charge is 2.36. The summed E-state index contributed by atoms with van der Waals surface area (Å²) in [5.74, 6) is -0.849. The fraction of sp³-hybridized carbons (Fsp3) is 0.278. The lowest BCUT2D eigenvalue weighted by molar-refractivity contribution is 0.0833. The number of amides is 1. The molecule has 0 unspecified atom stereocenters. The van der Waals surface area contributed by atoms with Crippen LogP contribution in [-0.4, -0.2) is 32.7 Å². The average molecular weight is 363 g/mol. The molecule has 0 atom stereocenters. The minimum atomic E-state index is -3.55. The van der Waals surface area contributed by atoms with Crippen molar-refractivity contribution in [2.75, 3.05) is 17.7 Å². The molecule has 5 nitrogen and oxygen atoms in total. The van der Waals surface area contributed by atoms with Crippen molar-refractivity contribution in [3.8, 4) is 5.75 Å². The molecule has 2 aromatic rings. The highest BCUT2D eigenvalue weighted by atomic mass is 32.2. The van der Waals surface area contributed by atoms with Crippen LogP contribution in [0.25, 0.3) is 0 Å². The molecule has 7 heteroatoms. The Kier molecular flexibility index (Phi) is 4.07. The van der Waals surface area contributed by atoms with E-state index in [-0.39, 0.29) is 17.0 Å². The van der Waals surface area contributed by atoms with Gasteiger partial charge in [0, 0.05) is 6.26 Å². The third-order valence-corrected chi connectivity index (χ3v) is 5.03. The van der Waals surface area contributed by atoms with Gasteiger partial charge in [0.25, 0.3) is 5.91 Å². The van der Waals surface area contributed by atoms with Gasteiger partial charge >= 0.3 is 0 Å². The summed E-state index contributed by atoms with van der Waals surface area (Å²) < 4.78 is 43.6. The van der Waals surface area contributed by atoms with Crippen LogP contribution in [0.15, 0.2) is 47.4 Å². The van der Waals surface area contributed by atoms with Crippen molar-refractivity contribution < 1.29 is 22.3 Å². The molecule has 0 spiro atoms. The van der Waals surface area contributed by atoms with E-state index in [9.17, 15) is 17.6 Å². The molecular formula is C18H18FNO4S. The average Bonchev–Trinajstić information content (AvgIpc) is 2.52. The van der Waals surface area contributed by atoms with Gasteiger partial charge in [-0.05, 0) is 44.2 Å². The van der Waals surface area contributed by atoms with Gasteiger partial charge in [-0.1, -0.05) is 12.1 Å². The Morgan fingerprint density at radius 1 is 1.20 bits per heavy atom. The first-order valence-electron chi connectivity index (χ1n) is 7.68. The zero-order valence-electron chi connectivity index (χ0n) is 14.1. The minimum absolute atomic E-state index is 0.0990. The van der Waals surface area contributed by atoms with Gasteiger partial charge < -0.3 is 9.64 Å². The number of hydrogen-bond donors (Lipinski definition) is 0. The number of ether oxygens (including phenoxy) is 1. The van der Waals surface area contributed by atoms with Crippen LogP contribution in [-0.2, 0) is 9.84 Å².